The zero-order chi connectivity index (χ0) is 5.56. The van der Waals surface area contributed by atoms with Crippen LogP contribution in [-0.2, 0) is 0 Å². The predicted molar refractivity (Wildman–Crippen MR) is 34.5 cm³/mol. The van der Waals surface area contributed by atoms with Crippen molar-refractivity contribution in [2.24, 2.45) is 17.8 Å². The second kappa shape index (κ2) is 1.37. The predicted octanol–water partition coefficient (Wildman–Crippen LogP) is 2.22. The highest BCUT2D eigenvalue weighted by Crippen LogP contribution is 2.44. The molecule has 0 nitrogen and oxygen atoms in total. The van der Waals surface area contributed by atoms with Crippen LogP contribution in [0.2, 0.25) is 0 Å². The Balaban J connectivity index is 2.16. The van der Waals surface area contributed by atoms with Gasteiger partial charge in [-0.05, 0) is 30.6 Å². The lowest BCUT2D eigenvalue weighted by atomic mass is 9.81. The van der Waals surface area contributed by atoms with E-state index in [0.29, 0.717) is 0 Å². The van der Waals surface area contributed by atoms with Gasteiger partial charge in [-0.1, -0.05) is 19.1 Å². The van der Waals surface area contributed by atoms with Crippen LogP contribution in [0.3, 0.4) is 0 Å². The van der Waals surface area contributed by atoms with Gasteiger partial charge in [0.15, 0.2) is 0 Å². The zero-order valence-electron chi connectivity index (χ0n) is 5.30. The van der Waals surface area contributed by atoms with Gasteiger partial charge in [-0.25, -0.2) is 0 Å². The van der Waals surface area contributed by atoms with Crippen molar-refractivity contribution in [3.8, 4) is 0 Å². The molecule has 1 fully saturated rings. The van der Waals surface area contributed by atoms with Crippen molar-refractivity contribution in [3.63, 3.8) is 0 Å². The van der Waals surface area contributed by atoms with Crippen LogP contribution >= 0.6 is 0 Å². The van der Waals surface area contributed by atoms with Crippen molar-refractivity contribution in [1.82, 2.24) is 0 Å². The summed E-state index contributed by atoms with van der Waals surface area (Å²) in [6.45, 7) is 2.37. The van der Waals surface area contributed by atoms with Gasteiger partial charge in [0.25, 0.3) is 0 Å². The minimum Gasteiger partial charge on any atom is -0.0845 e. The van der Waals surface area contributed by atoms with Crippen molar-refractivity contribution < 1.29 is 0 Å². The molecule has 0 heteroatoms. The summed E-state index contributed by atoms with van der Waals surface area (Å²) in [4.78, 5) is 0. The summed E-state index contributed by atoms with van der Waals surface area (Å²) in [5.41, 5.74) is 0. The van der Waals surface area contributed by atoms with Gasteiger partial charge in [0.1, 0.15) is 0 Å². The number of hydrogen-bond donors (Lipinski definition) is 0. The maximum Gasteiger partial charge on any atom is -0.0145 e. The van der Waals surface area contributed by atoms with E-state index in [4.69, 9.17) is 0 Å². The number of allylic oxidation sites excluding steroid dienone is 2. The molecular weight excluding hydrogens is 96.1 g/mol. The highest BCUT2D eigenvalue weighted by Gasteiger charge is 2.34. The van der Waals surface area contributed by atoms with Crippen LogP contribution in [0.15, 0.2) is 12.2 Å². The smallest absolute Gasteiger partial charge is 0.0145 e. The van der Waals surface area contributed by atoms with Crippen molar-refractivity contribution in [2.75, 3.05) is 0 Å². The molecule has 0 N–H and O–H groups in total. The van der Waals surface area contributed by atoms with Crippen LogP contribution in [0, 0.1) is 17.8 Å². The van der Waals surface area contributed by atoms with Gasteiger partial charge >= 0.3 is 0 Å². The average molecular weight is 108 g/mol. The minimum atomic E-state index is 0.981. The Hall–Kier alpha value is -0.260. The van der Waals surface area contributed by atoms with E-state index in [1.165, 1.54) is 12.8 Å². The van der Waals surface area contributed by atoms with Gasteiger partial charge in [-0.3, -0.25) is 0 Å². The minimum absolute atomic E-state index is 0.981. The van der Waals surface area contributed by atoms with Crippen LogP contribution in [0.25, 0.3) is 0 Å². The molecule has 0 radical (unpaired) electrons. The summed E-state index contributed by atoms with van der Waals surface area (Å²) in [7, 11) is 0. The Kier molecular flexibility index (Phi) is 0.787. The molecule has 0 amide bonds. The summed E-state index contributed by atoms with van der Waals surface area (Å²) >= 11 is 0. The molecule has 3 unspecified atom stereocenters. The van der Waals surface area contributed by atoms with Gasteiger partial charge in [0, 0.05) is 0 Å². The van der Waals surface area contributed by atoms with Crippen LogP contribution in [0.4, 0.5) is 0 Å². The lowest BCUT2D eigenvalue weighted by molar-refractivity contribution is 0.415. The van der Waals surface area contributed by atoms with Crippen molar-refractivity contribution in [1.29, 1.82) is 0 Å². The first-order valence-electron chi connectivity index (χ1n) is 3.56. The molecular formula is C8H12. The standard InChI is InChI=1S/C8H12/c1-6-2-3-7-4-5-8(6)7/h4-8H,2-3H2,1H3. The first-order valence-corrected chi connectivity index (χ1v) is 3.56. The lowest BCUT2D eigenvalue weighted by Crippen LogP contribution is -2.15. The van der Waals surface area contributed by atoms with Gasteiger partial charge in [0.2, 0.25) is 0 Å². The Labute approximate surface area is 50.6 Å². The molecule has 1 saturated carbocycles. The SMILES string of the molecule is CC1CCC2C=CC12. The summed E-state index contributed by atoms with van der Waals surface area (Å²) < 4.78 is 0. The fourth-order valence-corrected chi connectivity index (χ4v) is 1.94. The van der Waals surface area contributed by atoms with Crippen molar-refractivity contribution in [3.05, 3.63) is 12.2 Å². The highest BCUT2D eigenvalue weighted by atomic mass is 14.4. The van der Waals surface area contributed by atoms with Crippen LogP contribution < -0.4 is 0 Å². The lowest BCUT2D eigenvalue weighted by Gasteiger charge is -2.23. The maximum absolute atomic E-state index is 2.38. The quantitative estimate of drug-likeness (QED) is 0.417. The third kappa shape index (κ3) is 0.410. The molecule has 2 rings (SSSR count). The number of fused-ring (bicyclic) bond motifs is 1. The summed E-state index contributed by atoms with van der Waals surface area (Å²) in [5.74, 6) is 2.96. The van der Waals surface area contributed by atoms with Crippen LogP contribution in [0.1, 0.15) is 19.8 Å². The molecule has 2 aliphatic rings. The van der Waals surface area contributed by atoms with E-state index in [0.717, 1.165) is 17.8 Å². The molecule has 0 aromatic rings. The molecule has 0 aromatic heterocycles. The average Bonchev–Trinajstić information content (AvgIpc) is 1.80. The third-order valence-electron chi connectivity index (χ3n) is 2.69. The molecule has 0 aromatic carbocycles. The fraction of sp³-hybridized carbons (Fsp3) is 0.750. The van der Waals surface area contributed by atoms with E-state index in [9.17, 15) is 0 Å². The van der Waals surface area contributed by atoms with Crippen molar-refractivity contribution in [2.45, 2.75) is 19.8 Å². The Morgan fingerprint density at radius 1 is 1.25 bits per heavy atom. The van der Waals surface area contributed by atoms with Gasteiger partial charge in [0.05, 0.1) is 0 Å². The Morgan fingerprint density at radius 3 is 2.38 bits per heavy atom. The maximum atomic E-state index is 2.38. The topological polar surface area (TPSA) is 0 Å². The fourth-order valence-electron chi connectivity index (χ4n) is 1.94. The Bertz CT molecular complexity index is 124. The van der Waals surface area contributed by atoms with E-state index < -0.39 is 0 Å². The van der Waals surface area contributed by atoms with Crippen LogP contribution in [0.5, 0.6) is 0 Å². The molecule has 8 heavy (non-hydrogen) atoms. The molecule has 0 heterocycles. The largest absolute Gasteiger partial charge is 0.0845 e. The van der Waals surface area contributed by atoms with Gasteiger partial charge in [-0.15, -0.1) is 0 Å². The summed E-state index contributed by atoms with van der Waals surface area (Å²) in [5, 5.41) is 0. The molecule has 2 aliphatic carbocycles. The summed E-state index contributed by atoms with van der Waals surface area (Å²) in [6.07, 6.45) is 7.67. The molecule has 44 valence electrons. The first-order chi connectivity index (χ1) is 3.88. The number of rotatable bonds is 0. The second-order valence-electron chi connectivity index (χ2n) is 3.18. The first kappa shape index (κ1) is 4.60. The monoisotopic (exact) mass is 108 g/mol. The Morgan fingerprint density at radius 2 is 2.12 bits per heavy atom. The van der Waals surface area contributed by atoms with Crippen LogP contribution in [-0.4, -0.2) is 0 Å². The molecule has 0 aliphatic heterocycles. The molecule has 0 bridgehead atoms. The van der Waals surface area contributed by atoms with E-state index in [2.05, 4.69) is 19.1 Å². The van der Waals surface area contributed by atoms with E-state index in [-0.39, 0.29) is 0 Å². The zero-order valence-corrected chi connectivity index (χ0v) is 5.30. The van der Waals surface area contributed by atoms with E-state index in [1.807, 2.05) is 0 Å². The molecule has 3 atom stereocenters. The highest BCUT2D eigenvalue weighted by molar-refractivity contribution is 5.13. The van der Waals surface area contributed by atoms with Crippen molar-refractivity contribution >= 4 is 0 Å². The van der Waals surface area contributed by atoms with Gasteiger partial charge < -0.3 is 0 Å². The van der Waals surface area contributed by atoms with E-state index >= 15 is 0 Å². The summed E-state index contributed by atoms with van der Waals surface area (Å²) in [6, 6.07) is 0. The second-order valence-corrected chi connectivity index (χ2v) is 3.18. The normalized spacial score (nSPS) is 50.9. The van der Waals surface area contributed by atoms with Gasteiger partial charge in [-0.2, -0.15) is 0 Å². The molecule has 0 spiro atoms. The van der Waals surface area contributed by atoms with E-state index in [1.54, 1.807) is 0 Å². The third-order valence-corrected chi connectivity index (χ3v) is 2.69. The number of hydrogen-bond acceptors (Lipinski definition) is 0. The molecule has 0 saturated heterocycles.